The Morgan fingerprint density at radius 1 is 0.351 bits per heavy atom. The summed E-state index contributed by atoms with van der Waals surface area (Å²) < 4.78 is 2.64. The van der Waals surface area contributed by atoms with Gasteiger partial charge in [-0.3, -0.25) is 0 Å². The average Bonchev–Trinajstić information content (AvgIpc) is 3.71. The van der Waals surface area contributed by atoms with Crippen LogP contribution in [0.3, 0.4) is 0 Å². The standard InChI is InChI=1S/C55H45NS/c1-54(2)36-55(3,4)51-34-43(28-30-50(51)54)39-25-23-38(24-26-39)41-16-11-19-46(32-41)56(45-18-10-15-40(31-45)37-13-6-5-7-14-37)47-20-12-17-42(33-47)44-27-29-49-48-21-8-9-22-52(48)57-53(49)35-44/h5-35H,36H2,1-4H3. The lowest BCUT2D eigenvalue weighted by molar-refractivity contribution is 0.403. The van der Waals surface area contributed by atoms with Gasteiger partial charge in [-0.15, -0.1) is 11.3 Å². The fourth-order valence-corrected chi connectivity index (χ4v) is 10.6. The maximum absolute atomic E-state index is 2.44. The van der Waals surface area contributed by atoms with E-state index in [1.807, 2.05) is 11.3 Å². The Morgan fingerprint density at radius 2 is 0.789 bits per heavy atom. The Labute approximate surface area is 340 Å². The lowest BCUT2D eigenvalue weighted by Gasteiger charge is -2.27. The molecule has 0 amide bonds. The van der Waals surface area contributed by atoms with Crippen LogP contribution in [0.25, 0.3) is 64.7 Å². The first-order chi connectivity index (χ1) is 27.7. The van der Waals surface area contributed by atoms with Crippen LogP contribution < -0.4 is 4.90 Å². The molecular formula is C55H45NS. The third kappa shape index (κ3) is 6.45. The van der Waals surface area contributed by atoms with Crippen LogP contribution in [0.5, 0.6) is 0 Å². The number of hydrogen-bond donors (Lipinski definition) is 0. The van der Waals surface area contributed by atoms with Gasteiger partial charge in [0, 0.05) is 37.2 Å². The monoisotopic (exact) mass is 751 g/mol. The fraction of sp³-hybridized carbons (Fsp3) is 0.127. The quantitative estimate of drug-likeness (QED) is 0.157. The number of benzene rings is 8. The van der Waals surface area contributed by atoms with Crippen molar-refractivity contribution in [3.05, 3.63) is 199 Å². The molecule has 0 saturated heterocycles. The Balaban J connectivity index is 1.04. The Kier molecular flexibility index (Phi) is 8.50. The number of nitrogens with zero attached hydrogens (tertiary/aromatic N) is 1. The van der Waals surface area contributed by atoms with Crippen LogP contribution in [0.2, 0.25) is 0 Å². The van der Waals surface area contributed by atoms with E-state index in [1.165, 1.54) is 82.2 Å². The van der Waals surface area contributed by atoms with Crippen molar-refractivity contribution in [3.63, 3.8) is 0 Å². The van der Waals surface area contributed by atoms with Gasteiger partial charge in [0.25, 0.3) is 0 Å². The molecule has 10 rings (SSSR count). The van der Waals surface area contributed by atoms with Crippen molar-refractivity contribution in [2.24, 2.45) is 0 Å². The number of fused-ring (bicyclic) bond motifs is 4. The van der Waals surface area contributed by atoms with E-state index in [1.54, 1.807) is 0 Å². The molecule has 0 atom stereocenters. The van der Waals surface area contributed by atoms with Gasteiger partial charge in [0.1, 0.15) is 0 Å². The molecule has 0 N–H and O–H groups in total. The minimum atomic E-state index is 0.175. The highest BCUT2D eigenvalue weighted by Gasteiger charge is 2.41. The van der Waals surface area contributed by atoms with Crippen molar-refractivity contribution < 1.29 is 0 Å². The van der Waals surface area contributed by atoms with Crippen LogP contribution in [0.1, 0.15) is 45.2 Å². The third-order valence-electron chi connectivity index (χ3n) is 12.0. The molecule has 276 valence electrons. The predicted molar refractivity (Wildman–Crippen MR) is 246 cm³/mol. The van der Waals surface area contributed by atoms with Crippen LogP contribution in [-0.4, -0.2) is 0 Å². The zero-order valence-electron chi connectivity index (χ0n) is 33.0. The predicted octanol–water partition coefficient (Wildman–Crippen LogP) is 16.2. The molecule has 0 saturated carbocycles. The van der Waals surface area contributed by atoms with E-state index in [-0.39, 0.29) is 10.8 Å². The minimum absolute atomic E-state index is 0.175. The normalized spacial score (nSPS) is 14.2. The van der Waals surface area contributed by atoms with E-state index in [0.29, 0.717) is 0 Å². The summed E-state index contributed by atoms with van der Waals surface area (Å²) in [5, 5.41) is 2.65. The number of hydrogen-bond acceptors (Lipinski definition) is 2. The lowest BCUT2D eigenvalue weighted by Crippen LogP contribution is -2.17. The minimum Gasteiger partial charge on any atom is -0.310 e. The smallest absolute Gasteiger partial charge is 0.0467 e. The zero-order chi connectivity index (χ0) is 38.7. The number of thiophene rings is 1. The molecule has 0 aliphatic heterocycles. The van der Waals surface area contributed by atoms with Crippen molar-refractivity contribution in [1.82, 2.24) is 0 Å². The van der Waals surface area contributed by atoms with Gasteiger partial charge in [-0.05, 0) is 121 Å². The van der Waals surface area contributed by atoms with Crippen molar-refractivity contribution in [1.29, 1.82) is 0 Å². The molecule has 0 unspecified atom stereocenters. The topological polar surface area (TPSA) is 3.24 Å². The molecule has 0 bridgehead atoms. The summed E-state index contributed by atoms with van der Waals surface area (Å²) in [7, 11) is 0. The Bertz CT molecular complexity index is 2930. The highest BCUT2D eigenvalue weighted by molar-refractivity contribution is 7.25. The molecule has 9 aromatic rings. The lowest BCUT2D eigenvalue weighted by atomic mass is 9.82. The average molecular weight is 752 g/mol. The molecule has 2 heteroatoms. The Hall–Kier alpha value is -6.22. The Morgan fingerprint density at radius 3 is 1.42 bits per heavy atom. The molecule has 1 nitrogen and oxygen atoms in total. The van der Waals surface area contributed by atoms with Crippen LogP contribution >= 0.6 is 11.3 Å². The maximum Gasteiger partial charge on any atom is 0.0467 e. The second kappa shape index (κ2) is 13.8. The SMILES string of the molecule is CC1(C)CC(C)(C)c2cc(-c3ccc(-c4cccc(N(c5cccc(-c6ccccc6)c5)c5cccc(-c6ccc7c(c6)sc6ccccc67)c5)c4)cc3)ccc21. The third-order valence-corrected chi connectivity index (χ3v) is 13.2. The van der Waals surface area contributed by atoms with Gasteiger partial charge in [-0.1, -0.05) is 167 Å². The van der Waals surface area contributed by atoms with E-state index in [2.05, 4.69) is 221 Å². The molecule has 0 fully saturated rings. The van der Waals surface area contributed by atoms with E-state index in [0.717, 1.165) is 17.1 Å². The molecule has 0 radical (unpaired) electrons. The van der Waals surface area contributed by atoms with Crippen molar-refractivity contribution in [3.8, 4) is 44.5 Å². The summed E-state index contributed by atoms with van der Waals surface area (Å²) in [5.41, 5.74) is 16.4. The second-order valence-electron chi connectivity index (χ2n) is 16.9. The highest BCUT2D eigenvalue weighted by atomic mass is 32.1. The largest absolute Gasteiger partial charge is 0.310 e. The molecule has 1 heterocycles. The molecule has 0 spiro atoms. The summed E-state index contributed by atoms with van der Waals surface area (Å²) in [6.45, 7) is 9.55. The van der Waals surface area contributed by atoms with Crippen molar-refractivity contribution in [2.75, 3.05) is 4.90 Å². The molecule has 8 aromatic carbocycles. The fourth-order valence-electron chi connectivity index (χ4n) is 9.48. The van der Waals surface area contributed by atoms with Gasteiger partial charge >= 0.3 is 0 Å². The summed E-state index contributed by atoms with van der Waals surface area (Å²) in [4.78, 5) is 2.40. The molecular weight excluding hydrogens is 707 g/mol. The van der Waals surface area contributed by atoms with Gasteiger partial charge in [0.05, 0.1) is 0 Å². The molecule has 1 aliphatic rings. The highest BCUT2D eigenvalue weighted by Crippen LogP contribution is 2.50. The van der Waals surface area contributed by atoms with Crippen LogP contribution in [0.4, 0.5) is 17.1 Å². The van der Waals surface area contributed by atoms with Gasteiger partial charge in [-0.2, -0.15) is 0 Å². The first kappa shape index (κ1) is 35.2. The summed E-state index contributed by atoms with van der Waals surface area (Å²) in [5.74, 6) is 0. The molecule has 1 aliphatic carbocycles. The number of anilines is 3. The van der Waals surface area contributed by atoms with Gasteiger partial charge < -0.3 is 4.90 Å². The summed E-state index contributed by atoms with van der Waals surface area (Å²) >= 11 is 1.87. The van der Waals surface area contributed by atoms with E-state index < -0.39 is 0 Å². The van der Waals surface area contributed by atoms with Gasteiger partial charge in [-0.25, -0.2) is 0 Å². The summed E-state index contributed by atoms with van der Waals surface area (Å²) in [6, 6.07) is 69.4. The first-order valence-electron chi connectivity index (χ1n) is 20.0. The molecule has 57 heavy (non-hydrogen) atoms. The summed E-state index contributed by atoms with van der Waals surface area (Å²) in [6.07, 6.45) is 1.17. The van der Waals surface area contributed by atoms with Gasteiger partial charge in [0.15, 0.2) is 0 Å². The van der Waals surface area contributed by atoms with Crippen LogP contribution in [0.15, 0.2) is 188 Å². The maximum atomic E-state index is 2.44. The number of rotatable bonds is 7. The van der Waals surface area contributed by atoms with E-state index in [4.69, 9.17) is 0 Å². The second-order valence-corrected chi connectivity index (χ2v) is 18.0. The zero-order valence-corrected chi connectivity index (χ0v) is 33.8. The van der Waals surface area contributed by atoms with E-state index >= 15 is 0 Å². The van der Waals surface area contributed by atoms with Crippen molar-refractivity contribution >= 4 is 48.6 Å². The van der Waals surface area contributed by atoms with Crippen molar-refractivity contribution in [2.45, 2.75) is 44.9 Å². The molecule has 1 aromatic heterocycles. The first-order valence-corrected chi connectivity index (χ1v) is 20.9. The van der Waals surface area contributed by atoms with Crippen LogP contribution in [-0.2, 0) is 10.8 Å². The van der Waals surface area contributed by atoms with Gasteiger partial charge in [0.2, 0.25) is 0 Å². The van der Waals surface area contributed by atoms with E-state index in [9.17, 15) is 0 Å². The van der Waals surface area contributed by atoms with Crippen LogP contribution in [0, 0.1) is 0 Å².